The Morgan fingerprint density at radius 1 is 1.33 bits per heavy atom. The predicted octanol–water partition coefficient (Wildman–Crippen LogP) is -1.27. The Bertz CT molecular complexity index is 150. The molecule has 0 bridgehead atoms. The highest BCUT2D eigenvalue weighted by Crippen LogP contribution is 2.25. The molecule has 1 rings (SSSR count). The van der Waals surface area contributed by atoms with Gasteiger partial charge in [0.05, 0.1) is 18.8 Å². The zero-order valence-electron chi connectivity index (χ0n) is 6.92. The molecule has 0 aromatic carbocycles. The van der Waals surface area contributed by atoms with Crippen LogP contribution in [0.4, 0.5) is 0 Å². The summed E-state index contributed by atoms with van der Waals surface area (Å²) in [4.78, 5) is 0. The summed E-state index contributed by atoms with van der Waals surface area (Å²) in [6.07, 6.45) is -2.65. The average molecular weight is 194 g/mol. The normalized spacial score (nSPS) is 49.2. The molecule has 1 aliphatic heterocycles. The van der Waals surface area contributed by atoms with Crippen molar-refractivity contribution in [3.05, 3.63) is 0 Å². The summed E-state index contributed by atoms with van der Waals surface area (Å²) in [5, 5.41) is 27.6. The van der Waals surface area contributed by atoms with Crippen molar-refractivity contribution in [2.75, 3.05) is 6.61 Å². The van der Waals surface area contributed by atoms with Crippen molar-refractivity contribution in [2.24, 2.45) is 0 Å². The molecule has 0 spiro atoms. The zero-order chi connectivity index (χ0) is 9.30. The van der Waals surface area contributed by atoms with Gasteiger partial charge in [0, 0.05) is 5.66 Å². The summed E-state index contributed by atoms with van der Waals surface area (Å²) >= 11 is 0. The molecule has 4 nitrogen and oxygen atoms in total. The molecule has 0 saturated carbocycles. The van der Waals surface area contributed by atoms with Gasteiger partial charge in [0.15, 0.2) is 0 Å². The zero-order valence-corrected chi connectivity index (χ0v) is 8.08. The van der Waals surface area contributed by atoms with Gasteiger partial charge in [0.25, 0.3) is 0 Å². The van der Waals surface area contributed by atoms with E-state index in [0.29, 0.717) is 0 Å². The molecule has 3 N–H and O–H groups in total. The van der Waals surface area contributed by atoms with E-state index in [1.54, 1.807) is 6.92 Å². The Labute approximate surface area is 73.7 Å². The molecule has 72 valence electrons. The minimum absolute atomic E-state index is 0.162. The number of aliphatic hydroxyl groups is 3. The lowest BCUT2D eigenvalue weighted by molar-refractivity contribution is -0.170. The molecule has 1 heterocycles. The van der Waals surface area contributed by atoms with E-state index in [1.165, 1.54) is 0 Å². The van der Waals surface area contributed by atoms with Crippen molar-refractivity contribution in [3.8, 4) is 0 Å². The Morgan fingerprint density at radius 2 is 1.92 bits per heavy atom. The van der Waals surface area contributed by atoms with Gasteiger partial charge in [-0.1, -0.05) is 0 Å². The van der Waals surface area contributed by atoms with Crippen LogP contribution in [0.2, 0.25) is 0 Å². The second-order valence-corrected chi connectivity index (χ2v) is 3.89. The lowest BCUT2D eigenvalue weighted by Gasteiger charge is -2.39. The predicted molar refractivity (Wildman–Crippen MR) is 46.9 cm³/mol. The highest BCUT2D eigenvalue weighted by Gasteiger charge is 2.39. The van der Waals surface area contributed by atoms with Gasteiger partial charge in [-0.15, -0.1) is 9.24 Å². The largest absolute Gasteiger partial charge is 0.394 e. The lowest BCUT2D eigenvalue weighted by Crippen LogP contribution is -2.55. The number of hydrogen-bond donors (Lipinski definition) is 3. The minimum Gasteiger partial charge on any atom is -0.394 e. The van der Waals surface area contributed by atoms with Crippen LogP contribution in [0.3, 0.4) is 0 Å². The Morgan fingerprint density at radius 3 is 2.42 bits per heavy atom. The van der Waals surface area contributed by atoms with Gasteiger partial charge in [-0.25, -0.2) is 0 Å². The van der Waals surface area contributed by atoms with Crippen molar-refractivity contribution in [3.63, 3.8) is 0 Å². The summed E-state index contributed by atoms with van der Waals surface area (Å²) in [5.41, 5.74) is -0.178. The molecule has 0 aromatic heterocycles. The van der Waals surface area contributed by atoms with E-state index in [4.69, 9.17) is 9.84 Å². The third-order valence-corrected chi connectivity index (χ3v) is 3.17. The first-order valence-corrected chi connectivity index (χ1v) is 4.62. The van der Waals surface area contributed by atoms with E-state index >= 15 is 0 Å². The fourth-order valence-electron chi connectivity index (χ4n) is 1.32. The van der Waals surface area contributed by atoms with Crippen molar-refractivity contribution in [1.82, 2.24) is 0 Å². The first-order valence-electron chi connectivity index (χ1n) is 3.96. The van der Waals surface area contributed by atoms with Crippen LogP contribution in [-0.4, -0.2) is 52.0 Å². The maximum Gasteiger partial charge on any atom is 0.109 e. The molecular formula is C7H15O4P. The van der Waals surface area contributed by atoms with Crippen LogP contribution in [0.25, 0.3) is 0 Å². The summed E-state index contributed by atoms with van der Waals surface area (Å²) in [6, 6.07) is 0. The Balaban J connectivity index is 2.63. The van der Waals surface area contributed by atoms with Gasteiger partial charge in [-0.3, -0.25) is 0 Å². The number of aliphatic hydroxyl groups excluding tert-OH is 3. The van der Waals surface area contributed by atoms with Crippen molar-refractivity contribution in [1.29, 1.82) is 0 Å². The van der Waals surface area contributed by atoms with Crippen LogP contribution >= 0.6 is 9.24 Å². The average Bonchev–Trinajstić information content (AvgIpc) is 2.08. The number of rotatable bonds is 1. The third kappa shape index (κ3) is 1.78. The summed E-state index contributed by atoms with van der Waals surface area (Å²) in [7, 11) is 2.43. The van der Waals surface area contributed by atoms with Crippen LogP contribution in [0.5, 0.6) is 0 Å². The third-order valence-electron chi connectivity index (χ3n) is 2.24. The molecule has 6 unspecified atom stereocenters. The first-order chi connectivity index (χ1) is 5.57. The summed E-state index contributed by atoms with van der Waals surface area (Å²) in [6.45, 7) is 1.54. The van der Waals surface area contributed by atoms with Crippen LogP contribution in [0.15, 0.2) is 0 Å². The van der Waals surface area contributed by atoms with E-state index < -0.39 is 18.3 Å². The molecule has 1 fully saturated rings. The highest BCUT2D eigenvalue weighted by molar-refractivity contribution is 7.17. The molecule has 1 aliphatic rings. The van der Waals surface area contributed by atoms with Crippen molar-refractivity contribution < 1.29 is 20.1 Å². The van der Waals surface area contributed by atoms with Gasteiger partial charge in [0.2, 0.25) is 0 Å². The first kappa shape index (κ1) is 10.4. The molecule has 1 saturated heterocycles. The highest BCUT2D eigenvalue weighted by atomic mass is 31.0. The van der Waals surface area contributed by atoms with Crippen LogP contribution < -0.4 is 0 Å². The SMILES string of the molecule is CC1OC(CO)C(O)C(O)C1P. The summed E-state index contributed by atoms with van der Waals surface area (Å²) in [5.74, 6) is 0. The van der Waals surface area contributed by atoms with E-state index in [0.717, 1.165) is 0 Å². The quantitative estimate of drug-likeness (QED) is 0.455. The molecule has 0 amide bonds. The Kier molecular flexibility index (Phi) is 3.44. The standard InChI is InChI=1S/C7H15O4P/c1-3-7(12)6(10)5(9)4(2-8)11-3/h3-10H,2,12H2,1H3. The molecule has 12 heavy (non-hydrogen) atoms. The van der Waals surface area contributed by atoms with Crippen LogP contribution in [0.1, 0.15) is 6.92 Å². The van der Waals surface area contributed by atoms with Crippen LogP contribution in [0, 0.1) is 0 Å². The molecule has 0 aromatic rings. The summed E-state index contributed by atoms with van der Waals surface area (Å²) < 4.78 is 5.25. The van der Waals surface area contributed by atoms with Gasteiger partial charge in [-0.2, -0.15) is 0 Å². The smallest absolute Gasteiger partial charge is 0.109 e. The molecule has 0 aliphatic carbocycles. The van der Waals surface area contributed by atoms with Gasteiger partial charge in [-0.05, 0) is 6.92 Å². The molecule has 0 radical (unpaired) electrons. The Hall–Kier alpha value is 0.270. The second-order valence-electron chi connectivity index (χ2n) is 3.12. The fourth-order valence-corrected chi connectivity index (χ4v) is 1.64. The topological polar surface area (TPSA) is 69.9 Å². The lowest BCUT2D eigenvalue weighted by atomic mass is 9.98. The van der Waals surface area contributed by atoms with E-state index in [2.05, 4.69) is 9.24 Å². The number of hydrogen-bond acceptors (Lipinski definition) is 4. The molecule has 6 atom stereocenters. The molecule has 5 heteroatoms. The van der Waals surface area contributed by atoms with Crippen LogP contribution in [-0.2, 0) is 4.74 Å². The molecular weight excluding hydrogens is 179 g/mol. The van der Waals surface area contributed by atoms with E-state index in [1.807, 2.05) is 0 Å². The minimum atomic E-state index is -0.992. The van der Waals surface area contributed by atoms with Gasteiger partial charge < -0.3 is 20.1 Å². The van der Waals surface area contributed by atoms with E-state index in [9.17, 15) is 10.2 Å². The van der Waals surface area contributed by atoms with Gasteiger partial charge >= 0.3 is 0 Å². The monoisotopic (exact) mass is 194 g/mol. The maximum atomic E-state index is 9.46. The van der Waals surface area contributed by atoms with Gasteiger partial charge in [0.1, 0.15) is 12.2 Å². The van der Waals surface area contributed by atoms with Crippen molar-refractivity contribution in [2.45, 2.75) is 37.0 Å². The fraction of sp³-hybridized carbons (Fsp3) is 1.00. The number of ether oxygens (including phenoxy) is 1. The second kappa shape index (κ2) is 3.99. The maximum absolute atomic E-state index is 9.46. The van der Waals surface area contributed by atoms with E-state index in [-0.39, 0.29) is 18.4 Å². The van der Waals surface area contributed by atoms with Crippen molar-refractivity contribution >= 4 is 9.24 Å².